The van der Waals surface area contributed by atoms with Crippen molar-refractivity contribution < 1.29 is 14.0 Å². The fraction of sp³-hybridized carbons (Fsp3) is 0.263. The zero-order chi connectivity index (χ0) is 17.8. The lowest BCUT2D eigenvalue weighted by molar-refractivity contribution is 0.0698. The van der Waals surface area contributed by atoms with Gasteiger partial charge in [0.1, 0.15) is 5.82 Å². The smallest absolute Gasteiger partial charge is 0.253 e. The minimum Gasteiger partial charge on any atom is -0.349 e. The number of rotatable bonds is 3. The monoisotopic (exact) mass is 360 g/mol. The molecule has 1 N–H and O–H groups in total. The molecule has 1 aliphatic heterocycles. The molecule has 0 radical (unpaired) electrons. The van der Waals surface area contributed by atoms with Crippen LogP contribution in [-0.4, -0.2) is 35.8 Å². The number of carbonyl (C=O) groups is 2. The van der Waals surface area contributed by atoms with Crippen molar-refractivity contribution in [3.8, 4) is 0 Å². The van der Waals surface area contributed by atoms with Gasteiger partial charge in [-0.25, -0.2) is 4.39 Å². The second-order valence-electron chi connectivity index (χ2n) is 6.05. The molecule has 1 fully saturated rings. The van der Waals surface area contributed by atoms with Crippen LogP contribution in [0.4, 0.5) is 4.39 Å². The van der Waals surface area contributed by atoms with Gasteiger partial charge in [0.25, 0.3) is 11.8 Å². The highest BCUT2D eigenvalue weighted by atomic mass is 35.5. The predicted molar refractivity (Wildman–Crippen MR) is 94.2 cm³/mol. The van der Waals surface area contributed by atoms with E-state index in [1.807, 2.05) is 0 Å². The quantitative estimate of drug-likeness (QED) is 0.910. The highest BCUT2D eigenvalue weighted by Gasteiger charge is 2.24. The van der Waals surface area contributed by atoms with Gasteiger partial charge < -0.3 is 10.2 Å². The van der Waals surface area contributed by atoms with Gasteiger partial charge in [-0.3, -0.25) is 9.59 Å². The maximum atomic E-state index is 13.0. The molecular weight excluding hydrogens is 343 g/mol. The van der Waals surface area contributed by atoms with E-state index in [0.29, 0.717) is 42.1 Å². The Kier molecular flexibility index (Phi) is 5.34. The summed E-state index contributed by atoms with van der Waals surface area (Å²) in [4.78, 5) is 26.4. The Morgan fingerprint density at radius 1 is 0.960 bits per heavy atom. The zero-order valence-electron chi connectivity index (χ0n) is 13.5. The summed E-state index contributed by atoms with van der Waals surface area (Å²) in [5.41, 5.74) is 1.04. The maximum absolute atomic E-state index is 13.0. The molecule has 0 aliphatic carbocycles. The van der Waals surface area contributed by atoms with E-state index in [1.165, 1.54) is 24.3 Å². The molecule has 3 rings (SSSR count). The van der Waals surface area contributed by atoms with Gasteiger partial charge in [-0.15, -0.1) is 0 Å². The van der Waals surface area contributed by atoms with Crippen molar-refractivity contribution in [3.63, 3.8) is 0 Å². The lowest BCUT2D eigenvalue weighted by Gasteiger charge is -2.32. The first-order chi connectivity index (χ1) is 12.0. The van der Waals surface area contributed by atoms with E-state index in [2.05, 4.69) is 5.32 Å². The number of nitrogens with zero attached hydrogens (tertiary/aromatic N) is 1. The molecule has 1 aliphatic rings. The molecule has 0 saturated carbocycles. The van der Waals surface area contributed by atoms with Gasteiger partial charge in [-0.05, 0) is 61.4 Å². The lowest BCUT2D eigenvalue weighted by atomic mass is 10.0. The molecule has 0 spiro atoms. The van der Waals surface area contributed by atoms with E-state index in [-0.39, 0.29) is 23.7 Å². The summed E-state index contributed by atoms with van der Waals surface area (Å²) in [6.07, 6.45) is 1.37. The van der Waals surface area contributed by atoms with E-state index in [1.54, 1.807) is 29.2 Å². The number of piperidine rings is 1. The van der Waals surface area contributed by atoms with Gasteiger partial charge in [0.05, 0.1) is 0 Å². The minimum atomic E-state index is -0.361. The summed E-state index contributed by atoms with van der Waals surface area (Å²) >= 11 is 5.82. The van der Waals surface area contributed by atoms with Crippen LogP contribution in [-0.2, 0) is 0 Å². The van der Waals surface area contributed by atoms with Gasteiger partial charge in [-0.1, -0.05) is 11.6 Å². The molecule has 2 aromatic rings. The van der Waals surface area contributed by atoms with Crippen molar-refractivity contribution in [2.75, 3.05) is 13.1 Å². The lowest BCUT2D eigenvalue weighted by Crippen LogP contribution is -2.46. The third-order valence-electron chi connectivity index (χ3n) is 4.31. The fourth-order valence-electron chi connectivity index (χ4n) is 2.87. The SMILES string of the molecule is O=C(NC1CCN(C(=O)c2ccc(F)cc2)CC1)c1ccc(Cl)cc1. The van der Waals surface area contributed by atoms with Crippen molar-refractivity contribution in [2.45, 2.75) is 18.9 Å². The molecule has 2 amide bonds. The highest BCUT2D eigenvalue weighted by molar-refractivity contribution is 6.30. The molecule has 2 aromatic carbocycles. The van der Waals surface area contributed by atoms with Crippen molar-refractivity contribution in [3.05, 3.63) is 70.5 Å². The van der Waals surface area contributed by atoms with Gasteiger partial charge in [0.2, 0.25) is 0 Å². The Hall–Kier alpha value is -2.40. The maximum Gasteiger partial charge on any atom is 0.253 e. The van der Waals surface area contributed by atoms with Crippen molar-refractivity contribution >= 4 is 23.4 Å². The van der Waals surface area contributed by atoms with Gasteiger partial charge in [0.15, 0.2) is 0 Å². The minimum absolute atomic E-state index is 0.0282. The van der Waals surface area contributed by atoms with E-state index in [4.69, 9.17) is 11.6 Å². The summed E-state index contributed by atoms with van der Waals surface area (Å²) in [5.74, 6) is -0.609. The van der Waals surface area contributed by atoms with Crippen LogP contribution in [0.25, 0.3) is 0 Å². The van der Waals surface area contributed by atoms with Crippen LogP contribution in [0.5, 0.6) is 0 Å². The Morgan fingerprint density at radius 3 is 2.12 bits per heavy atom. The molecule has 1 saturated heterocycles. The van der Waals surface area contributed by atoms with E-state index < -0.39 is 0 Å². The first-order valence-corrected chi connectivity index (χ1v) is 8.52. The van der Waals surface area contributed by atoms with E-state index >= 15 is 0 Å². The molecular formula is C19H18ClFN2O2. The molecule has 4 nitrogen and oxygen atoms in total. The Balaban J connectivity index is 1.53. The Bertz CT molecular complexity index is 754. The highest BCUT2D eigenvalue weighted by Crippen LogP contribution is 2.16. The predicted octanol–water partition coefficient (Wildman–Crippen LogP) is 3.51. The first-order valence-electron chi connectivity index (χ1n) is 8.14. The second kappa shape index (κ2) is 7.66. The van der Waals surface area contributed by atoms with Gasteiger partial charge in [-0.2, -0.15) is 0 Å². The number of likely N-dealkylation sites (tertiary alicyclic amines) is 1. The number of carbonyl (C=O) groups excluding carboxylic acids is 2. The summed E-state index contributed by atoms with van der Waals surface area (Å²) in [7, 11) is 0. The van der Waals surface area contributed by atoms with Crippen LogP contribution in [0.1, 0.15) is 33.6 Å². The zero-order valence-corrected chi connectivity index (χ0v) is 14.3. The van der Waals surface area contributed by atoms with Crippen molar-refractivity contribution in [1.29, 1.82) is 0 Å². The number of hydrogen-bond donors (Lipinski definition) is 1. The molecule has 1 heterocycles. The van der Waals surface area contributed by atoms with Crippen LogP contribution >= 0.6 is 11.6 Å². The Labute approximate surface area is 150 Å². The molecule has 0 atom stereocenters. The number of halogens is 2. The van der Waals surface area contributed by atoms with Crippen LogP contribution in [0.2, 0.25) is 5.02 Å². The van der Waals surface area contributed by atoms with Crippen molar-refractivity contribution in [1.82, 2.24) is 10.2 Å². The van der Waals surface area contributed by atoms with Crippen LogP contribution in [0, 0.1) is 5.82 Å². The third-order valence-corrected chi connectivity index (χ3v) is 4.57. The summed E-state index contributed by atoms with van der Waals surface area (Å²) in [5, 5.41) is 3.58. The second-order valence-corrected chi connectivity index (χ2v) is 6.49. The van der Waals surface area contributed by atoms with Gasteiger partial charge >= 0.3 is 0 Å². The standard InChI is InChI=1S/C19H18ClFN2O2/c20-15-5-1-13(2-6-15)18(24)22-17-9-11-23(12-10-17)19(25)14-3-7-16(21)8-4-14/h1-8,17H,9-12H2,(H,22,24). The Morgan fingerprint density at radius 2 is 1.52 bits per heavy atom. The number of benzene rings is 2. The largest absolute Gasteiger partial charge is 0.349 e. The molecule has 0 aromatic heterocycles. The third kappa shape index (κ3) is 4.37. The molecule has 130 valence electrons. The fourth-order valence-corrected chi connectivity index (χ4v) is 3.00. The molecule has 25 heavy (non-hydrogen) atoms. The normalized spacial score (nSPS) is 15.0. The average molecular weight is 361 g/mol. The summed E-state index contributed by atoms with van der Waals surface area (Å²) in [6, 6.07) is 12.3. The number of nitrogens with one attached hydrogen (secondary N) is 1. The van der Waals surface area contributed by atoms with Crippen molar-refractivity contribution in [2.24, 2.45) is 0 Å². The molecule has 0 unspecified atom stereocenters. The molecule has 0 bridgehead atoms. The van der Waals surface area contributed by atoms with E-state index in [0.717, 1.165) is 0 Å². The number of hydrogen-bond acceptors (Lipinski definition) is 2. The van der Waals surface area contributed by atoms with Crippen LogP contribution in [0.15, 0.2) is 48.5 Å². The number of amides is 2. The van der Waals surface area contributed by atoms with E-state index in [9.17, 15) is 14.0 Å². The van der Waals surface area contributed by atoms with Gasteiger partial charge in [0, 0.05) is 35.3 Å². The topological polar surface area (TPSA) is 49.4 Å². The first kappa shape index (κ1) is 17.4. The van der Waals surface area contributed by atoms with Crippen LogP contribution in [0.3, 0.4) is 0 Å². The average Bonchev–Trinajstić information content (AvgIpc) is 2.63. The summed E-state index contributed by atoms with van der Waals surface area (Å²) < 4.78 is 13.0. The molecule has 6 heteroatoms. The summed E-state index contributed by atoms with van der Waals surface area (Å²) in [6.45, 7) is 1.11. The van der Waals surface area contributed by atoms with Crippen LogP contribution < -0.4 is 5.32 Å².